The Morgan fingerprint density at radius 3 is 2.58 bits per heavy atom. The van der Waals surface area contributed by atoms with Crippen LogP contribution in [0.3, 0.4) is 0 Å². The van der Waals surface area contributed by atoms with Crippen LogP contribution < -0.4 is 5.73 Å². The fourth-order valence-electron chi connectivity index (χ4n) is 3.99. The van der Waals surface area contributed by atoms with Gasteiger partial charge in [0.1, 0.15) is 9.84 Å². The highest BCUT2D eigenvalue weighted by molar-refractivity contribution is 7.91. The minimum Gasteiger partial charge on any atom is -0.329 e. The minimum absolute atomic E-state index is 0.0556. The molecule has 0 saturated carbocycles. The van der Waals surface area contributed by atoms with Crippen molar-refractivity contribution >= 4 is 9.84 Å². The van der Waals surface area contributed by atoms with Gasteiger partial charge < -0.3 is 5.73 Å². The van der Waals surface area contributed by atoms with E-state index in [2.05, 4.69) is 9.80 Å². The van der Waals surface area contributed by atoms with Crippen molar-refractivity contribution in [2.75, 3.05) is 44.2 Å². The minimum atomic E-state index is -2.81. The predicted octanol–water partition coefficient (Wildman–Crippen LogP) is -0.327. The Hall–Kier alpha value is -0.170. The second-order valence-corrected chi connectivity index (χ2v) is 8.66. The van der Waals surface area contributed by atoms with E-state index in [0.717, 1.165) is 32.5 Å². The molecule has 0 spiro atoms. The lowest BCUT2D eigenvalue weighted by Crippen LogP contribution is -2.64. The van der Waals surface area contributed by atoms with Crippen LogP contribution >= 0.6 is 0 Å². The van der Waals surface area contributed by atoms with Crippen molar-refractivity contribution in [1.82, 2.24) is 9.80 Å². The lowest BCUT2D eigenvalue weighted by molar-refractivity contribution is 0.0123. The van der Waals surface area contributed by atoms with Crippen molar-refractivity contribution in [3.05, 3.63) is 0 Å². The summed E-state index contributed by atoms with van der Waals surface area (Å²) in [5.74, 6) is 0.629. The monoisotopic (exact) mass is 287 g/mol. The van der Waals surface area contributed by atoms with Crippen molar-refractivity contribution in [1.29, 1.82) is 0 Å². The largest absolute Gasteiger partial charge is 0.329 e. The summed E-state index contributed by atoms with van der Waals surface area (Å²) in [5, 5.41) is 0. The molecule has 19 heavy (non-hydrogen) atoms. The van der Waals surface area contributed by atoms with Crippen molar-refractivity contribution in [2.24, 2.45) is 5.73 Å². The van der Waals surface area contributed by atoms with E-state index in [1.165, 1.54) is 19.4 Å². The smallest absolute Gasteiger partial charge is 0.150 e. The number of fused-ring (bicyclic) bond motifs is 1. The average molecular weight is 287 g/mol. The van der Waals surface area contributed by atoms with Gasteiger partial charge in [0.05, 0.1) is 11.5 Å². The number of piperazine rings is 1. The van der Waals surface area contributed by atoms with Gasteiger partial charge in [0.25, 0.3) is 0 Å². The normalized spacial score (nSPS) is 35.1. The molecule has 1 unspecified atom stereocenters. The van der Waals surface area contributed by atoms with Crippen molar-refractivity contribution < 1.29 is 8.42 Å². The highest BCUT2D eigenvalue weighted by atomic mass is 32.2. The molecule has 3 fully saturated rings. The van der Waals surface area contributed by atoms with Gasteiger partial charge in [-0.2, -0.15) is 0 Å². The molecule has 3 heterocycles. The molecule has 0 aliphatic carbocycles. The molecule has 3 aliphatic heterocycles. The Labute approximate surface area is 116 Å². The van der Waals surface area contributed by atoms with Crippen LogP contribution in [0.1, 0.15) is 25.7 Å². The first-order valence-corrected chi connectivity index (χ1v) is 9.26. The summed E-state index contributed by atoms with van der Waals surface area (Å²) < 4.78 is 23.3. The number of nitrogens with zero attached hydrogens (tertiary/aromatic N) is 2. The van der Waals surface area contributed by atoms with Crippen LogP contribution in [-0.2, 0) is 9.84 Å². The zero-order chi connectivity index (χ0) is 13.5. The first kappa shape index (κ1) is 13.8. The Bertz CT molecular complexity index is 423. The van der Waals surface area contributed by atoms with Crippen LogP contribution in [0, 0.1) is 0 Å². The van der Waals surface area contributed by atoms with Crippen LogP contribution in [0.2, 0.25) is 0 Å². The molecule has 0 amide bonds. The number of sulfone groups is 1. The lowest BCUT2D eigenvalue weighted by Gasteiger charge is -2.50. The van der Waals surface area contributed by atoms with Gasteiger partial charge in [0.2, 0.25) is 0 Å². The Balaban J connectivity index is 1.72. The molecule has 5 nitrogen and oxygen atoms in total. The lowest BCUT2D eigenvalue weighted by atomic mass is 9.88. The van der Waals surface area contributed by atoms with Gasteiger partial charge in [0, 0.05) is 37.8 Å². The Morgan fingerprint density at radius 2 is 1.89 bits per heavy atom. The van der Waals surface area contributed by atoms with Crippen molar-refractivity contribution in [3.63, 3.8) is 0 Å². The molecule has 3 aliphatic rings. The molecule has 1 atom stereocenters. The van der Waals surface area contributed by atoms with Gasteiger partial charge in [-0.15, -0.1) is 0 Å². The molecular formula is C13H25N3O2S. The first-order valence-electron chi connectivity index (χ1n) is 7.44. The number of hydrogen-bond donors (Lipinski definition) is 1. The van der Waals surface area contributed by atoms with E-state index in [-0.39, 0.29) is 5.54 Å². The number of hydrogen-bond acceptors (Lipinski definition) is 5. The third kappa shape index (κ3) is 2.55. The molecule has 110 valence electrons. The van der Waals surface area contributed by atoms with Crippen molar-refractivity contribution in [2.45, 2.75) is 37.3 Å². The summed E-state index contributed by atoms with van der Waals surface area (Å²) in [4.78, 5) is 5.09. The summed E-state index contributed by atoms with van der Waals surface area (Å²) in [6.45, 7) is 5.09. The zero-order valence-corrected chi connectivity index (χ0v) is 12.4. The summed E-state index contributed by atoms with van der Waals surface area (Å²) in [6, 6.07) is 0.677. The van der Waals surface area contributed by atoms with Gasteiger partial charge in [-0.05, 0) is 32.2 Å². The molecule has 2 N–H and O–H groups in total. The van der Waals surface area contributed by atoms with Gasteiger partial charge in [-0.3, -0.25) is 9.80 Å². The average Bonchev–Trinajstić information content (AvgIpc) is 2.87. The molecule has 3 rings (SSSR count). The van der Waals surface area contributed by atoms with E-state index in [0.29, 0.717) is 24.1 Å². The fourth-order valence-corrected chi connectivity index (χ4v) is 5.58. The fraction of sp³-hybridized carbons (Fsp3) is 1.00. The van der Waals surface area contributed by atoms with E-state index in [4.69, 9.17) is 5.73 Å². The highest BCUT2D eigenvalue weighted by Crippen LogP contribution is 2.33. The molecule has 0 aromatic heterocycles. The van der Waals surface area contributed by atoms with Gasteiger partial charge in [-0.1, -0.05) is 0 Å². The number of rotatable bonds is 2. The summed E-state index contributed by atoms with van der Waals surface area (Å²) in [7, 11) is -2.81. The van der Waals surface area contributed by atoms with E-state index in [9.17, 15) is 8.42 Å². The maximum Gasteiger partial charge on any atom is 0.150 e. The third-order valence-corrected chi connectivity index (χ3v) is 7.05. The van der Waals surface area contributed by atoms with Gasteiger partial charge in [-0.25, -0.2) is 8.42 Å². The summed E-state index contributed by atoms with van der Waals surface area (Å²) in [6.07, 6.45) is 4.04. The first-order chi connectivity index (χ1) is 9.05. The summed E-state index contributed by atoms with van der Waals surface area (Å²) >= 11 is 0. The second kappa shape index (κ2) is 4.98. The quantitative estimate of drug-likeness (QED) is 0.753. The van der Waals surface area contributed by atoms with Crippen LogP contribution in [-0.4, -0.2) is 74.0 Å². The Kier molecular flexibility index (Phi) is 3.62. The van der Waals surface area contributed by atoms with Gasteiger partial charge in [0.15, 0.2) is 0 Å². The van der Waals surface area contributed by atoms with Crippen molar-refractivity contribution in [3.8, 4) is 0 Å². The molecule has 0 aromatic rings. The van der Waals surface area contributed by atoms with E-state index >= 15 is 0 Å². The van der Waals surface area contributed by atoms with Crippen LogP contribution in [0.15, 0.2) is 0 Å². The zero-order valence-electron chi connectivity index (χ0n) is 11.6. The maximum atomic E-state index is 11.7. The SMILES string of the molecule is NCC1(N2CCN3CCCC3C2)CCS(=O)(=O)CC1. The maximum absolute atomic E-state index is 11.7. The molecule has 3 saturated heterocycles. The van der Waals surface area contributed by atoms with Crippen LogP contribution in [0.4, 0.5) is 0 Å². The van der Waals surface area contributed by atoms with Gasteiger partial charge >= 0.3 is 0 Å². The Morgan fingerprint density at radius 1 is 1.16 bits per heavy atom. The van der Waals surface area contributed by atoms with Crippen LogP contribution in [0.5, 0.6) is 0 Å². The predicted molar refractivity (Wildman–Crippen MR) is 75.8 cm³/mol. The third-order valence-electron chi connectivity index (χ3n) is 5.39. The molecule has 0 radical (unpaired) electrons. The summed E-state index contributed by atoms with van der Waals surface area (Å²) in [5.41, 5.74) is 5.99. The van der Waals surface area contributed by atoms with E-state index < -0.39 is 9.84 Å². The molecular weight excluding hydrogens is 262 g/mol. The molecule has 6 heteroatoms. The highest BCUT2D eigenvalue weighted by Gasteiger charge is 2.44. The molecule has 0 aromatic carbocycles. The molecule has 0 bridgehead atoms. The van der Waals surface area contributed by atoms with Crippen LogP contribution in [0.25, 0.3) is 0 Å². The second-order valence-electron chi connectivity index (χ2n) is 6.36. The van der Waals surface area contributed by atoms with E-state index in [1.54, 1.807) is 0 Å². The van der Waals surface area contributed by atoms with E-state index in [1.807, 2.05) is 0 Å². The topological polar surface area (TPSA) is 66.6 Å². The standard InChI is InChI=1S/C13H25N3O2S/c14-11-13(3-8-19(17,18)9-4-13)16-7-6-15-5-1-2-12(15)10-16/h12H,1-11,14H2. The number of nitrogens with two attached hydrogens (primary N) is 1.